The van der Waals surface area contributed by atoms with Gasteiger partial charge >= 0.3 is 0 Å². The summed E-state index contributed by atoms with van der Waals surface area (Å²) in [5, 5.41) is 12.9. The summed E-state index contributed by atoms with van der Waals surface area (Å²) in [7, 11) is -2.69. The molecule has 0 spiro atoms. The number of hydrogen-bond acceptors (Lipinski definition) is 5. The highest BCUT2D eigenvalue weighted by atomic mass is 28.4. The summed E-state index contributed by atoms with van der Waals surface area (Å²) in [6.07, 6.45) is -1.71. The second kappa shape index (κ2) is 8.67. The highest BCUT2D eigenvalue weighted by Gasteiger charge is 2.57. The zero-order valence-electron chi connectivity index (χ0n) is 19.9. The summed E-state index contributed by atoms with van der Waals surface area (Å²) < 4.78 is 25.4. The van der Waals surface area contributed by atoms with Gasteiger partial charge in [0, 0.05) is 5.92 Å². The monoisotopic (exact) mass is 456 g/mol. The van der Waals surface area contributed by atoms with Gasteiger partial charge in [0.15, 0.2) is 12.1 Å². The molecule has 2 heterocycles. The van der Waals surface area contributed by atoms with Crippen molar-refractivity contribution >= 4 is 18.7 Å². The third-order valence-corrected chi connectivity index (χ3v) is 11.6. The van der Waals surface area contributed by atoms with Gasteiger partial charge in [0.1, 0.15) is 6.10 Å². The van der Waals surface area contributed by atoms with Crippen LogP contribution in [0, 0.1) is 5.92 Å². The molecule has 5 atom stereocenters. The van der Waals surface area contributed by atoms with Gasteiger partial charge in [0.2, 0.25) is 0 Å². The molecule has 174 valence electrons. The minimum atomic E-state index is -2.69. The van der Waals surface area contributed by atoms with Crippen LogP contribution in [0.15, 0.2) is 60.7 Å². The topological polar surface area (TPSA) is 57.2 Å². The fraction of sp³-hybridized carbons (Fsp3) is 0.538. The van der Waals surface area contributed by atoms with Crippen LogP contribution >= 0.6 is 0 Å². The van der Waals surface area contributed by atoms with Crippen molar-refractivity contribution in [1.82, 2.24) is 0 Å². The maximum Gasteiger partial charge on any atom is 0.261 e. The van der Waals surface area contributed by atoms with E-state index in [9.17, 15) is 5.11 Å². The fourth-order valence-electron chi connectivity index (χ4n) is 5.30. The molecule has 0 aromatic heterocycles. The van der Waals surface area contributed by atoms with Crippen LogP contribution in [-0.4, -0.2) is 50.4 Å². The molecule has 5 nitrogen and oxygen atoms in total. The van der Waals surface area contributed by atoms with Gasteiger partial charge in [-0.05, 0) is 36.2 Å². The van der Waals surface area contributed by atoms with Gasteiger partial charge in [0.05, 0.1) is 18.8 Å². The van der Waals surface area contributed by atoms with Crippen molar-refractivity contribution in [3.05, 3.63) is 60.7 Å². The standard InChI is InChI=1S/C26H36O5Si/c1-18(27)22-21(29-24-23(22)30-26(5,6)31-24)17-28-32(25(2,3)4,19-13-9-7-10-14-19)20-15-11-8-12-16-20/h7-16,18,21-24,27H,17H2,1-6H3/t18?,21-,22-,23-,24-/m1/s1. The van der Waals surface area contributed by atoms with Crippen molar-refractivity contribution in [3.63, 3.8) is 0 Å². The van der Waals surface area contributed by atoms with Crippen LogP contribution in [0.2, 0.25) is 5.04 Å². The van der Waals surface area contributed by atoms with Gasteiger partial charge in [-0.3, -0.25) is 0 Å². The molecule has 0 amide bonds. The van der Waals surface area contributed by atoms with Crippen LogP contribution in [0.3, 0.4) is 0 Å². The predicted octanol–water partition coefficient (Wildman–Crippen LogP) is 3.44. The van der Waals surface area contributed by atoms with Crippen molar-refractivity contribution in [2.24, 2.45) is 5.92 Å². The summed E-state index contributed by atoms with van der Waals surface area (Å²) in [6, 6.07) is 21.1. The summed E-state index contributed by atoms with van der Waals surface area (Å²) in [5.74, 6) is -0.938. The van der Waals surface area contributed by atoms with Crippen LogP contribution in [-0.2, 0) is 18.6 Å². The Labute approximate surface area is 192 Å². The average Bonchev–Trinajstić information content (AvgIpc) is 3.20. The Kier molecular flexibility index (Phi) is 6.40. The lowest BCUT2D eigenvalue weighted by molar-refractivity contribution is -0.216. The lowest BCUT2D eigenvalue weighted by atomic mass is 9.93. The second-order valence-corrected chi connectivity index (χ2v) is 14.7. The van der Waals surface area contributed by atoms with E-state index in [-0.39, 0.29) is 23.2 Å². The minimum absolute atomic E-state index is 0.125. The number of benzene rings is 2. The van der Waals surface area contributed by atoms with Crippen molar-refractivity contribution < 1.29 is 23.7 Å². The molecule has 0 saturated carbocycles. The number of aliphatic hydroxyl groups is 1. The first-order valence-electron chi connectivity index (χ1n) is 11.5. The Morgan fingerprint density at radius 1 is 0.969 bits per heavy atom. The van der Waals surface area contributed by atoms with Gasteiger partial charge in [-0.15, -0.1) is 0 Å². The van der Waals surface area contributed by atoms with Crippen molar-refractivity contribution in [2.75, 3.05) is 6.61 Å². The quantitative estimate of drug-likeness (QED) is 0.675. The lowest BCUT2D eigenvalue weighted by Gasteiger charge is -2.44. The van der Waals surface area contributed by atoms with Crippen LogP contribution in [0.1, 0.15) is 41.5 Å². The molecule has 0 radical (unpaired) electrons. The minimum Gasteiger partial charge on any atom is -0.405 e. The van der Waals surface area contributed by atoms with Crippen LogP contribution in [0.5, 0.6) is 0 Å². The van der Waals surface area contributed by atoms with E-state index in [2.05, 4.69) is 69.3 Å². The molecule has 2 fully saturated rings. The average molecular weight is 457 g/mol. The molecule has 0 bridgehead atoms. The van der Waals surface area contributed by atoms with Gasteiger partial charge < -0.3 is 23.7 Å². The zero-order chi connectivity index (χ0) is 23.1. The highest BCUT2D eigenvalue weighted by molar-refractivity contribution is 6.99. The Bertz CT molecular complexity index is 854. The Hall–Kier alpha value is -1.54. The molecule has 2 aromatic rings. The van der Waals surface area contributed by atoms with Crippen molar-refractivity contribution in [1.29, 1.82) is 0 Å². The molecule has 32 heavy (non-hydrogen) atoms. The van der Waals surface area contributed by atoms with Crippen LogP contribution < -0.4 is 10.4 Å². The number of fused-ring (bicyclic) bond motifs is 1. The van der Waals surface area contributed by atoms with Gasteiger partial charge in [-0.1, -0.05) is 81.4 Å². The second-order valence-electron chi connectivity index (χ2n) is 10.4. The smallest absolute Gasteiger partial charge is 0.261 e. The number of rotatable bonds is 6. The molecule has 6 heteroatoms. The number of aliphatic hydroxyl groups excluding tert-OH is 1. The maximum absolute atomic E-state index is 10.6. The molecule has 1 unspecified atom stereocenters. The van der Waals surface area contributed by atoms with E-state index in [0.29, 0.717) is 6.61 Å². The first-order valence-corrected chi connectivity index (χ1v) is 13.4. The Balaban J connectivity index is 1.69. The van der Waals surface area contributed by atoms with E-state index in [1.54, 1.807) is 6.92 Å². The summed E-state index contributed by atoms with van der Waals surface area (Å²) in [5.41, 5.74) is 0. The van der Waals surface area contributed by atoms with E-state index < -0.39 is 26.5 Å². The molecule has 4 rings (SSSR count). The van der Waals surface area contributed by atoms with E-state index in [1.165, 1.54) is 10.4 Å². The zero-order valence-corrected chi connectivity index (χ0v) is 20.9. The number of ether oxygens (including phenoxy) is 3. The molecule has 1 N–H and O–H groups in total. The summed E-state index contributed by atoms with van der Waals surface area (Å²) in [6.45, 7) is 12.7. The normalized spacial score (nSPS) is 28.5. The number of hydrogen-bond donors (Lipinski definition) is 1. The third kappa shape index (κ3) is 4.20. The highest BCUT2D eigenvalue weighted by Crippen LogP contribution is 2.43. The Morgan fingerprint density at radius 3 is 1.97 bits per heavy atom. The summed E-state index contributed by atoms with van der Waals surface area (Å²) >= 11 is 0. The van der Waals surface area contributed by atoms with Gasteiger partial charge in [0.25, 0.3) is 8.32 Å². The first kappa shape index (κ1) is 23.6. The maximum atomic E-state index is 10.6. The predicted molar refractivity (Wildman–Crippen MR) is 127 cm³/mol. The molecule has 0 aliphatic carbocycles. The lowest BCUT2D eigenvalue weighted by Crippen LogP contribution is -2.67. The molecule has 2 aromatic carbocycles. The molecule has 2 saturated heterocycles. The molecule has 2 aliphatic heterocycles. The molecule has 2 aliphatic rings. The molecular weight excluding hydrogens is 420 g/mol. The third-order valence-electron chi connectivity index (χ3n) is 6.64. The van der Waals surface area contributed by atoms with E-state index in [4.69, 9.17) is 18.6 Å². The molecular formula is C26H36O5Si. The van der Waals surface area contributed by atoms with Gasteiger partial charge in [-0.25, -0.2) is 0 Å². The first-order chi connectivity index (χ1) is 15.1. The summed E-state index contributed by atoms with van der Waals surface area (Å²) in [4.78, 5) is 0. The van der Waals surface area contributed by atoms with Crippen molar-refractivity contribution in [2.45, 2.75) is 77.0 Å². The fourth-order valence-corrected chi connectivity index (χ4v) is 9.87. The van der Waals surface area contributed by atoms with Crippen LogP contribution in [0.25, 0.3) is 0 Å². The largest absolute Gasteiger partial charge is 0.405 e. The van der Waals surface area contributed by atoms with Crippen LogP contribution in [0.4, 0.5) is 0 Å². The van der Waals surface area contributed by atoms with E-state index >= 15 is 0 Å². The van der Waals surface area contributed by atoms with Crippen molar-refractivity contribution in [3.8, 4) is 0 Å². The SMILES string of the molecule is CC(O)[C@H]1[C@H]2OC(C)(C)O[C@H]2O[C@@H]1CO[Si](c1ccccc1)(c1ccccc1)C(C)(C)C. The van der Waals surface area contributed by atoms with E-state index in [1.807, 2.05) is 26.0 Å². The van der Waals surface area contributed by atoms with E-state index in [0.717, 1.165) is 0 Å². The Morgan fingerprint density at radius 2 is 1.50 bits per heavy atom. The van der Waals surface area contributed by atoms with Gasteiger partial charge in [-0.2, -0.15) is 0 Å².